The number of hydrogen-bond acceptors (Lipinski definition) is 4. The average molecular weight is 439 g/mol. The Bertz CT molecular complexity index is 676. The number of benzene rings is 1. The minimum absolute atomic E-state index is 0.0255. The summed E-state index contributed by atoms with van der Waals surface area (Å²) in [5.41, 5.74) is 2.67. The summed E-state index contributed by atoms with van der Waals surface area (Å²) in [7, 11) is 0. The van der Waals surface area contributed by atoms with Crippen molar-refractivity contribution < 1.29 is 19.1 Å². The Labute approximate surface area is 168 Å². The molecule has 2 amide bonds. The van der Waals surface area contributed by atoms with Gasteiger partial charge in [0, 0.05) is 22.6 Å². The lowest BCUT2D eigenvalue weighted by molar-refractivity contribution is -0.148. The van der Waals surface area contributed by atoms with E-state index in [1.165, 1.54) is 6.42 Å². The topological polar surface area (TPSA) is 84.5 Å². The van der Waals surface area contributed by atoms with Crippen molar-refractivity contribution in [3.05, 3.63) is 27.7 Å². The number of amides is 2. The van der Waals surface area contributed by atoms with E-state index in [4.69, 9.17) is 4.74 Å². The van der Waals surface area contributed by atoms with Crippen molar-refractivity contribution >= 4 is 39.4 Å². The van der Waals surface area contributed by atoms with Gasteiger partial charge in [0.05, 0.1) is 6.42 Å². The standard InChI is InChI=1S/C20H27BrN2O4/c1-13-10-16(11-14(2)20(13)21)23-18(25)12-27-19(26)9-8-17(24)22-15-6-4-3-5-7-15/h10-11,15H,3-9,12H2,1-2H3,(H,22,24)(H,23,25). The van der Waals surface area contributed by atoms with Crippen LogP contribution in [0.4, 0.5) is 5.69 Å². The second-order valence-electron chi connectivity index (χ2n) is 7.04. The van der Waals surface area contributed by atoms with Gasteiger partial charge in [0.1, 0.15) is 0 Å². The van der Waals surface area contributed by atoms with E-state index in [0.29, 0.717) is 5.69 Å². The first-order valence-electron chi connectivity index (χ1n) is 9.36. The van der Waals surface area contributed by atoms with E-state index in [9.17, 15) is 14.4 Å². The van der Waals surface area contributed by atoms with Gasteiger partial charge in [0.15, 0.2) is 6.61 Å². The molecule has 0 aliphatic heterocycles. The van der Waals surface area contributed by atoms with Crippen LogP contribution in [0.5, 0.6) is 0 Å². The molecule has 0 bridgehead atoms. The van der Waals surface area contributed by atoms with E-state index in [2.05, 4.69) is 26.6 Å². The van der Waals surface area contributed by atoms with Crippen LogP contribution in [0, 0.1) is 13.8 Å². The second-order valence-corrected chi connectivity index (χ2v) is 7.83. The number of esters is 1. The number of carbonyl (C=O) groups is 3. The Morgan fingerprint density at radius 3 is 2.30 bits per heavy atom. The molecular formula is C20H27BrN2O4. The summed E-state index contributed by atoms with van der Waals surface area (Å²) in [5, 5.41) is 5.67. The molecule has 0 spiro atoms. The van der Waals surface area contributed by atoms with E-state index < -0.39 is 11.9 Å². The van der Waals surface area contributed by atoms with Crippen LogP contribution in [0.3, 0.4) is 0 Å². The van der Waals surface area contributed by atoms with Gasteiger partial charge in [-0.05, 0) is 49.9 Å². The molecule has 0 radical (unpaired) electrons. The first-order chi connectivity index (χ1) is 12.8. The van der Waals surface area contributed by atoms with Gasteiger partial charge in [-0.3, -0.25) is 14.4 Å². The molecule has 1 saturated carbocycles. The highest BCUT2D eigenvalue weighted by molar-refractivity contribution is 9.10. The monoisotopic (exact) mass is 438 g/mol. The van der Waals surface area contributed by atoms with Gasteiger partial charge in [-0.15, -0.1) is 0 Å². The molecule has 1 aliphatic rings. The zero-order chi connectivity index (χ0) is 19.8. The molecule has 0 saturated heterocycles. The lowest BCUT2D eigenvalue weighted by atomic mass is 9.95. The number of nitrogens with one attached hydrogen (secondary N) is 2. The van der Waals surface area contributed by atoms with Gasteiger partial charge in [-0.25, -0.2) is 0 Å². The predicted octanol–water partition coefficient (Wildman–Crippen LogP) is 3.78. The Hall–Kier alpha value is -1.89. The lowest BCUT2D eigenvalue weighted by Gasteiger charge is -2.22. The highest BCUT2D eigenvalue weighted by Gasteiger charge is 2.17. The van der Waals surface area contributed by atoms with Crippen molar-refractivity contribution in [1.82, 2.24) is 5.32 Å². The van der Waals surface area contributed by atoms with Crippen molar-refractivity contribution in [2.45, 2.75) is 64.8 Å². The summed E-state index contributed by atoms with van der Waals surface area (Å²) in [6.07, 6.45) is 5.57. The molecule has 7 heteroatoms. The summed E-state index contributed by atoms with van der Waals surface area (Å²) in [4.78, 5) is 35.6. The zero-order valence-corrected chi connectivity index (χ0v) is 17.5. The van der Waals surface area contributed by atoms with Crippen LogP contribution in [-0.2, 0) is 19.1 Å². The van der Waals surface area contributed by atoms with Crippen molar-refractivity contribution in [2.75, 3.05) is 11.9 Å². The van der Waals surface area contributed by atoms with Crippen LogP contribution in [0.25, 0.3) is 0 Å². The van der Waals surface area contributed by atoms with E-state index in [-0.39, 0.29) is 31.4 Å². The molecule has 1 aliphatic carbocycles. The smallest absolute Gasteiger partial charge is 0.306 e. The molecule has 1 fully saturated rings. The zero-order valence-electron chi connectivity index (χ0n) is 15.9. The maximum absolute atomic E-state index is 11.9. The van der Waals surface area contributed by atoms with Crippen molar-refractivity contribution in [1.29, 1.82) is 0 Å². The highest BCUT2D eigenvalue weighted by Crippen LogP contribution is 2.25. The molecule has 6 nitrogen and oxygen atoms in total. The molecule has 1 aromatic carbocycles. The molecule has 2 rings (SSSR count). The fourth-order valence-corrected chi connectivity index (χ4v) is 3.42. The average Bonchev–Trinajstić information content (AvgIpc) is 2.63. The fourth-order valence-electron chi connectivity index (χ4n) is 3.20. The number of hydrogen-bond donors (Lipinski definition) is 2. The summed E-state index contributed by atoms with van der Waals surface area (Å²) in [5.74, 6) is -1.09. The molecule has 1 aromatic rings. The quantitative estimate of drug-likeness (QED) is 0.634. The SMILES string of the molecule is Cc1cc(NC(=O)COC(=O)CCC(=O)NC2CCCCC2)cc(C)c1Br. The van der Waals surface area contributed by atoms with Crippen LogP contribution in [-0.4, -0.2) is 30.4 Å². The van der Waals surface area contributed by atoms with Crippen molar-refractivity contribution in [2.24, 2.45) is 0 Å². The molecular weight excluding hydrogens is 412 g/mol. The first-order valence-corrected chi connectivity index (χ1v) is 10.2. The van der Waals surface area contributed by atoms with Crippen molar-refractivity contribution in [3.8, 4) is 0 Å². The first kappa shape index (κ1) is 21.4. The number of ether oxygens (including phenoxy) is 1. The summed E-state index contributed by atoms with van der Waals surface area (Å²) in [6.45, 7) is 3.51. The summed E-state index contributed by atoms with van der Waals surface area (Å²) >= 11 is 3.47. The molecule has 27 heavy (non-hydrogen) atoms. The molecule has 2 N–H and O–H groups in total. The number of halogens is 1. The normalized spacial score (nSPS) is 14.5. The van der Waals surface area contributed by atoms with Gasteiger partial charge in [0.2, 0.25) is 5.91 Å². The van der Waals surface area contributed by atoms with Gasteiger partial charge < -0.3 is 15.4 Å². The summed E-state index contributed by atoms with van der Waals surface area (Å²) < 4.78 is 5.96. The maximum Gasteiger partial charge on any atom is 0.306 e. The van der Waals surface area contributed by atoms with Gasteiger partial charge in [-0.1, -0.05) is 35.2 Å². The van der Waals surface area contributed by atoms with E-state index in [0.717, 1.165) is 41.3 Å². The minimum atomic E-state index is -0.549. The van der Waals surface area contributed by atoms with Gasteiger partial charge in [0.25, 0.3) is 5.91 Å². The third-order valence-corrected chi connectivity index (χ3v) is 5.86. The lowest BCUT2D eigenvalue weighted by Crippen LogP contribution is -2.36. The maximum atomic E-state index is 11.9. The Morgan fingerprint density at radius 1 is 1.04 bits per heavy atom. The number of anilines is 1. The number of aryl methyl sites for hydroxylation is 2. The molecule has 0 atom stereocenters. The minimum Gasteiger partial charge on any atom is -0.456 e. The molecule has 148 valence electrons. The third-order valence-electron chi connectivity index (χ3n) is 4.61. The van der Waals surface area contributed by atoms with Gasteiger partial charge >= 0.3 is 5.97 Å². The van der Waals surface area contributed by atoms with E-state index in [1.54, 1.807) is 0 Å². The Kier molecular flexibility index (Phi) is 8.28. The molecule has 0 aromatic heterocycles. The molecule has 0 heterocycles. The number of rotatable bonds is 7. The second kappa shape index (κ2) is 10.4. The van der Waals surface area contributed by atoms with Gasteiger partial charge in [-0.2, -0.15) is 0 Å². The van der Waals surface area contributed by atoms with Crippen LogP contribution in [0.2, 0.25) is 0 Å². The van der Waals surface area contributed by atoms with Crippen molar-refractivity contribution in [3.63, 3.8) is 0 Å². The Morgan fingerprint density at radius 2 is 1.67 bits per heavy atom. The van der Waals surface area contributed by atoms with Crippen LogP contribution < -0.4 is 10.6 Å². The summed E-state index contributed by atoms with van der Waals surface area (Å²) in [6, 6.07) is 3.91. The van der Waals surface area contributed by atoms with Crippen LogP contribution in [0.15, 0.2) is 16.6 Å². The Balaban J connectivity index is 1.67. The fraction of sp³-hybridized carbons (Fsp3) is 0.550. The largest absolute Gasteiger partial charge is 0.456 e. The van der Waals surface area contributed by atoms with Crippen LogP contribution >= 0.6 is 15.9 Å². The predicted molar refractivity (Wildman–Crippen MR) is 107 cm³/mol. The van der Waals surface area contributed by atoms with Crippen LogP contribution in [0.1, 0.15) is 56.1 Å². The number of carbonyl (C=O) groups excluding carboxylic acids is 3. The van der Waals surface area contributed by atoms with E-state index in [1.807, 2.05) is 26.0 Å². The highest BCUT2D eigenvalue weighted by atomic mass is 79.9. The van der Waals surface area contributed by atoms with E-state index >= 15 is 0 Å². The third kappa shape index (κ3) is 7.33. The molecule has 0 unspecified atom stereocenters.